The predicted octanol–water partition coefficient (Wildman–Crippen LogP) is 2.14. The fraction of sp³-hybridized carbons (Fsp3) is 0. The van der Waals surface area contributed by atoms with Gasteiger partial charge in [-0.2, -0.15) is 0 Å². The molecule has 0 heteroatoms. The van der Waals surface area contributed by atoms with Crippen LogP contribution in [0.25, 0.3) is 6.08 Å². The van der Waals surface area contributed by atoms with Crippen LogP contribution in [0.15, 0.2) is 30.3 Å². The van der Waals surface area contributed by atoms with Gasteiger partial charge in [0.05, 0.1) is 0 Å². The fourth-order valence-electron chi connectivity index (χ4n) is 0.674. The molecule has 0 heterocycles. The molecule has 0 unspecified atom stereocenters. The molecule has 10 heavy (non-hydrogen) atoms. The van der Waals surface area contributed by atoms with Gasteiger partial charge in [-0.15, -0.1) is 6.42 Å². The van der Waals surface area contributed by atoms with Crippen LogP contribution in [0.2, 0.25) is 0 Å². The molecule has 0 atom stereocenters. The van der Waals surface area contributed by atoms with E-state index in [1.165, 1.54) is 0 Å². The van der Waals surface area contributed by atoms with Gasteiger partial charge in [-0.25, -0.2) is 0 Å². The number of allylic oxidation sites excluding steroid dienone is 1. The van der Waals surface area contributed by atoms with Gasteiger partial charge >= 0.3 is 0 Å². The van der Waals surface area contributed by atoms with Gasteiger partial charge in [0.15, 0.2) is 0 Å². The molecule has 0 bridgehead atoms. The van der Waals surface area contributed by atoms with Crippen LogP contribution in [0.4, 0.5) is 0 Å². The van der Waals surface area contributed by atoms with Crippen molar-refractivity contribution in [2.24, 2.45) is 0 Å². The van der Waals surface area contributed by atoms with Crippen molar-refractivity contribution in [3.05, 3.63) is 42.0 Å². The van der Waals surface area contributed by atoms with Crippen molar-refractivity contribution in [3.8, 4) is 12.3 Å². The van der Waals surface area contributed by atoms with Gasteiger partial charge in [0.25, 0.3) is 0 Å². The van der Waals surface area contributed by atoms with E-state index in [1.807, 2.05) is 30.3 Å². The molecule has 47 valence electrons. The maximum Gasteiger partial charge on any atom is 0.0405 e. The van der Waals surface area contributed by atoms with Crippen molar-refractivity contribution in [3.63, 3.8) is 0 Å². The Kier molecular flexibility index (Phi) is 2.34. The van der Waals surface area contributed by atoms with Crippen molar-refractivity contribution in [1.29, 1.82) is 0 Å². The topological polar surface area (TPSA) is 0 Å². The highest BCUT2D eigenvalue weighted by molar-refractivity contribution is 5.49. The van der Waals surface area contributed by atoms with Crippen molar-refractivity contribution in [2.75, 3.05) is 0 Å². The molecule has 1 rings (SSSR count). The smallest absolute Gasteiger partial charge is 0.0405 e. The Morgan fingerprint density at radius 3 is 2.50 bits per heavy atom. The minimum absolute atomic E-state index is 1.08. The van der Waals surface area contributed by atoms with E-state index in [0.29, 0.717) is 0 Å². The van der Waals surface area contributed by atoms with Gasteiger partial charge in [0.1, 0.15) is 0 Å². The van der Waals surface area contributed by atoms with Crippen LogP contribution in [0.1, 0.15) is 5.56 Å². The summed E-state index contributed by atoms with van der Waals surface area (Å²) < 4.78 is 0. The minimum Gasteiger partial charge on any atom is -0.115 e. The van der Waals surface area contributed by atoms with Gasteiger partial charge in [-0.1, -0.05) is 36.3 Å². The molecule has 0 aliphatic carbocycles. The molecule has 0 fully saturated rings. The first-order valence-corrected chi connectivity index (χ1v) is 3.03. The highest BCUT2D eigenvalue weighted by Crippen LogP contribution is 1.99. The lowest BCUT2D eigenvalue weighted by atomic mass is 10.2. The Labute approximate surface area is 61.2 Å². The van der Waals surface area contributed by atoms with Gasteiger partial charge in [0, 0.05) is 6.08 Å². The van der Waals surface area contributed by atoms with Crippen molar-refractivity contribution < 1.29 is 0 Å². The Bertz CT molecular complexity index is 249. The van der Waals surface area contributed by atoms with E-state index in [4.69, 9.17) is 6.42 Å². The standard InChI is InChI=1S/C10H7/c1-2-3-7-10-8-5-4-6-9-10/h1,4-9H. The van der Waals surface area contributed by atoms with E-state index in [2.05, 4.69) is 12.0 Å². The molecule has 0 amide bonds. The zero-order valence-electron chi connectivity index (χ0n) is 5.54. The molecule has 0 spiro atoms. The molecule has 0 saturated carbocycles. The Hall–Kier alpha value is -1.48. The Balaban J connectivity index is 2.79. The summed E-state index contributed by atoms with van der Waals surface area (Å²) in [5.74, 6) is 2.31. The first kappa shape index (κ1) is 6.64. The maximum absolute atomic E-state index is 4.98. The first-order chi connectivity index (χ1) is 4.93. The van der Waals surface area contributed by atoms with Crippen LogP contribution in [-0.2, 0) is 0 Å². The second-order valence-corrected chi connectivity index (χ2v) is 1.84. The molecule has 0 N–H and O–H groups in total. The van der Waals surface area contributed by atoms with E-state index in [0.717, 1.165) is 5.56 Å². The average Bonchev–Trinajstić information content (AvgIpc) is 2.03. The lowest BCUT2D eigenvalue weighted by Gasteiger charge is -1.86. The molecule has 0 aliphatic rings. The molecule has 1 aromatic carbocycles. The molecular formula is C10H7. The molecule has 0 aromatic heterocycles. The van der Waals surface area contributed by atoms with E-state index in [-0.39, 0.29) is 0 Å². The van der Waals surface area contributed by atoms with Crippen molar-refractivity contribution in [2.45, 2.75) is 0 Å². The van der Waals surface area contributed by atoms with Crippen LogP contribution in [0.3, 0.4) is 0 Å². The second kappa shape index (κ2) is 3.53. The summed E-state index contributed by atoms with van der Waals surface area (Å²) in [6, 6.07) is 9.84. The third-order valence-corrected chi connectivity index (χ3v) is 1.12. The third kappa shape index (κ3) is 1.80. The Morgan fingerprint density at radius 1 is 1.20 bits per heavy atom. The van der Waals surface area contributed by atoms with Crippen molar-refractivity contribution in [1.82, 2.24) is 0 Å². The zero-order valence-corrected chi connectivity index (χ0v) is 5.54. The molecule has 0 nitrogen and oxygen atoms in total. The summed E-state index contributed by atoms with van der Waals surface area (Å²) in [5.41, 5.74) is 1.08. The number of benzene rings is 1. The quantitative estimate of drug-likeness (QED) is 0.507. The first-order valence-electron chi connectivity index (χ1n) is 3.03. The van der Waals surface area contributed by atoms with Gasteiger partial charge in [-0.3, -0.25) is 0 Å². The van der Waals surface area contributed by atoms with E-state index < -0.39 is 0 Å². The predicted molar refractivity (Wildman–Crippen MR) is 43.0 cm³/mol. The molecule has 1 radical (unpaired) electrons. The van der Waals surface area contributed by atoms with Crippen molar-refractivity contribution >= 4 is 6.08 Å². The van der Waals surface area contributed by atoms with E-state index in [9.17, 15) is 0 Å². The summed E-state index contributed by atoms with van der Waals surface area (Å²) in [6.45, 7) is 0. The molecule has 0 aliphatic heterocycles. The SMILES string of the molecule is C#C[C]=Cc1ccccc1. The van der Waals surface area contributed by atoms with Gasteiger partial charge in [0.2, 0.25) is 0 Å². The summed E-state index contributed by atoms with van der Waals surface area (Å²) in [6.07, 6.45) is 9.43. The second-order valence-electron chi connectivity index (χ2n) is 1.84. The molecular weight excluding hydrogens is 120 g/mol. The minimum atomic E-state index is 1.08. The third-order valence-electron chi connectivity index (χ3n) is 1.12. The van der Waals surface area contributed by atoms with Crippen LogP contribution >= 0.6 is 0 Å². The normalized spacial score (nSPS) is 9.50. The zero-order chi connectivity index (χ0) is 7.23. The lowest BCUT2D eigenvalue weighted by molar-refractivity contribution is 1.66. The van der Waals surface area contributed by atoms with Crippen LogP contribution < -0.4 is 0 Å². The molecule has 1 aromatic rings. The highest BCUT2D eigenvalue weighted by Gasteiger charge is 1.78. The largest absolute Gasteiger partial charge is 0.115 e. The number of hydrogen-bond donors (Lipinski definition) is 0. The number of terminal acetylenes is 1. The van der Waals surface area contributed by atoms with E-state index >= 15 is 0 Å². The lowest BCUT2D eigenvalue weighted by Crippen LogP contribution is -1.66. The summed E-state index contributed by atoms with van der Waals surface area (Å²) in [5, 5.41) is 0. The van der Waals surface area contributed by atoms with Gasteiger partial charge < -0.3 is 0 Å². The van der Waals surface area contributed by atoms with Crippen LogP contribution in [0.5, 0.6) is 0 Å². The average molecular weight is 127 g/mol. The monoisotopic (exact) mass is 127 g/mol. The maximum atomic E-state index is 4.98. The Morgan fingerprint density at radius 2 is 1.90 bits per heavy atom. The van der Waals surface area contributed by atoms with Crippen LogP contribution in [-0.4, -0.2) is 0 Å². The highest BCUT2D eigenvalue weighted by atomic mass is 13.8. The number of rotatable bonds is 1. The van der Waals surface area contributed by atoms with E-state index in [1.54, 1.807) is 6.08 Å². The fourth-order valence-corrected chi connectivity index (χ4v) is 0.674. The molecule has 0 saturated heterocycles. The van der Waals surface area contributed by atoms with Crippen LogP contribution in [0, 0.1) is 18.4 Å². The van der Waals surface area contributed by atoms with Gasteiger partial charge in [-0.05, 0) is 11.6 Å². The summed E-state index contributed by atoms with van der Waals surface area (Å²) in [7, 11) is 0. The summed E-state index contributed by atoms with van der Waals surface area (Å²) >= 11 is 0. The number of hydrogen-bond acceptors (Lipinski definition) is 0. The summed E-state index contributed by atoms with van der Waals surface area (Å²) in [4.78, 5) is 0.